The Morgan fingerprint density at radius 3 is 2.70 bits per heavy atom. The van der Waals surface area contributed by atoms with E-state index >= 15 is 0 Å². The SMILES string of the molecule is CCC(O)(c1cccc(Br)c1)c1cccc2[nH]ccc12. The summed E-state index contributed by atoms with van der Waals surface area (Å²) in [6.07, 6.45) is 2.53. The first-order valence-corrected chi connectivity index (χ1v) is 7.49. The molecule has 1 aromatic heterocycles. The van der Waals surface area contributed by atoms with Crippen LogP contribution in [0, 0.1) is 0 Å². The predicted molar refractivity (Wildman–Crippen MR) is 85.7 cm³/mol. The summed E-state index contributed by atoms with van der Waals surface area (Å²) >= 11 is 3.48. The van der Waals surface area contributed by atoms with Crippen LogP contribution in [0.15, 0.2) is 59.2 Å². The van der Waals surface area contributed by atoms with Crippen LogP contribution in [-0.4, -0.2) is 10.1 Å². The molecule has 3 rings (SSSR count). The van der Waals surface area contributed by atoms with Gasteiger partial charge in [0.05, 0.1) is 0 Å². The van der Waals surface area contributed by atoms with Crippen molar-refractivity contribution in [3.63, 3.8) is 0 Å². The van der Waals surface area contributed by atoms with Crippen LogP contribution < -0.4 is 0 Å². The third-order valence-electron chi connectivity index (χ3n) is 3.85. The first kappa shape index (κ1) is 13.4. The molecule has 0 saturated heterocycles. The molecule has 0 aliphatic rings. The van der Waals surface area contributed by atoms with Crippen LogP contribution in [0.4, 0.5) is 0 Å². The summed E-state index contributed by atoms with van der Waals surface area (Å²) in [7, 11) is 0. The number of aromatic nitrogens is 1. The van der Waals surface area contributed by atoms with Crippen LogP contribution >= 0.6 is 15.9 Å². The molecule has 2 N–H and O–H groups in total. The predicted octanol–water partition coefficient (Wildman–Crippen LogP) is 4.58. The molecular weight excluding hydrogens is 314 g/mol. The van der Waals surface area contributed by atoms with Gasteiger partial charge in [-0.25, -0.2) is 0 Å². The highest BCUT2D eigenvalue weighted by Crippen LogP contribution is 2.37. The van der Waals surface area contributed by atoms with E-state index in [9.17, 15) is 5.11 Å². The number of H-pyrrole nitrogens is 1. The van der Waals surface area contributed by atoms with E-state index < -0.39 is 5.60 Å². The normalized spacial score (nSPS) is 14.3. The van der Waals surface area contributed by atoms with Crippen LogP contribution in [0.2, 0.25) is 0 Å². The standard InChI is InChI=1S/C17H16BrNO/c1-2-17(20,12-5-3-6-13(18)11-12)15-7-4-8-16-14(15)9-10-19-16/h3-11,19-20H,2H2,1H3. The van der Waals surface area contributed by atoms with Gasteiger partial charge in [0.25, 0.3) is 0 Å². The fraction of sp³-hybridized carbons (Fsp3) is 0.176. The van der Waals surface area contributed by atoms with Crippen molar-refractivity contribution in [2.45, 2.75) is 18.9 Å². The second kappa shape index (κ2) is 5.08. The van der Waals surface area contributed by atoms with Crippen LogP contribution in [-0.2, 0) is 5.60 Å². The number of halogens is 1. The molecule has 0 radical (unpaired) electrons. The first-order chi connectivity index (χ1) is 9.65. The van der Waals surface area contributed by atoms with E-state index in [1.807, 2.05) is 61.7 Å². The molecule has 0 saturated carbocycles. The van der Waals surface area contributed by atoms with Gasteiger partial charge in [0.15, 0.2) is 0 Å². The Labute approximate surface area is 126 Å². The van der Waals surface area contributed by atoms with Gasteiger partial charge in [-0.3, -0.25) is 0 Å². The molecule has 2 nitrogen and oxygen atoms in total. The maximum absolute atomic E-state index is 11.3. The Balaban J connectivity index is 2.25. The summed E-state index contributed by atoms with van der Waals surface area (Å²) in [6.45, 7) is 2.01. The molecule has 3 heteroatoms. The van der Waals surface area contributed by atoms with E-state index in [4.69, 9.17) is 0 Å². The number of nitrogens with one attached hydrogen (secondary N) is 1. The minimum Gasteiger partial charge on any atom is -0.380 e. The zero-order valence-corrected chi connectivity index (χ0v) is 12.8. The van der Waals surface area contributed by atoms with Crippen molar-refractivity contribution in [1.82, 2.24) is 4.98 Å². The zero-order valence-electron chi connectivity index (χ0n) is 11.2. The lowest BCUT2D eigenvalue weighted by Gasteiger charge is -2.29. The fourth-order valence-electron chi connectivity index (χ4n) is 2.74. The van der Waals surface area contributed by atoms with Crippen molar-refractivity contribution < 1.29 is 5.11 Å². The molecule has 2 aromatic carbocycles. The fourth-order valence-corrected chi connectivity index (χ4v) is 3.14. The van der Waals surface area contributed by atoms with Crippen molar-refractivity contribution in [3.8, 4) is 0 Å². The molecule has 1 heterocycles. The average molecular weight is 330 g/mol. The number of hydrogen-bond acceptors (Lipinski definition) is 1. The Hall–Kier alpha value is -1.58. The summed E-state index contributed by atoms with van der Waals surface area (Å²) in [4.78, 5) is 3.20. The van der Waals surface area contributed by atoms with E-state index in [2.05, 4.69) is 20.9 Å². The number of aromatic amines is 1. The van der Waals surface area contributed by atoms with Gasteiger partial charge in [-0.2, -0.15) is 0 Å². The molecular formula is C17H16BrNO. The molecule has 0 fully saturated rings. The van der Waals surface area contributed by atoms with Gasteiger partial charge in [0.1, 0.15) is 5.60 Å². The van der Waals surface area contributed by atoms with Crippen molar-refractivity contribution in [2.24, 2.45) is 0 Å². The second-order valence-corrected chi connectivity index (χ2v) is 5.88. The molecule has 102 valence electrons. The zero-order chi connectivity index (χ0) is 14.2. The van der Waals surface area contributed by atoms with Crippen LogP contribution in [0.1, 0.15) is 24.5 Å². The van der Waals surface area contributed by atoms with E-state index in [1.165, 1.54) is 0 Å². The largest absolute Gasteiger partial charge is 0.380 e. The second-order valence-electron chi connectivity index (χ2n) is 4.97. The number of hydrogen-bond donors (Lipinski definition) is 2. The summed E-state index contributed by atoms with van der Waals surface area (Å²) in [5.41, 5.74) is 1.91. The van der Waals surface area contributed by atoms with Gasteiger partial charge in [-0.05, 0) is 41.8 Å². The minimum absolute atomic E-state index is 0.619. The lowest BCUT2D eigenvalue weighted by Crippen LogP contribution is -2.26. The topological polar surface area (TPSA) is 36.0 Å². The van der Waals surface area contributed by atoms with Crippen LogP contribution in [0.5, 0.6) is 0 Å². The highest BCUT2D eigenvalue weighted by Gasteiger charge is 2.31. The molecule has 1 atom stereocenters. The van der Waals surface area contributed by atoms with Crippen molar-refractivity contribution in [1.29, 1.82) is 0 Å². The first-order valence-electron chi connectivity index (χ1n) is 6.70. The van der Waals surface area contributed by atoms with E-state index in [-0.39, 0.29) is 0 Å². The minimum atomic E-state index is -0.981. The molecule has 0 aliphatic carbocycles. The quantitative estimate of drug-likeness (QED) is 0.725. The molecule has 3 aromatic rings. The van der Waals surface area contributed by atoms with Crippen LogP contribution in [0.3, 0.4) is 0 Å². The maximum Gasteiger partial charge on any atom is 0.115 e. The van der Waals surface area contributed by atoms with Gasteiger partial charge >= 0.3 is 0 Å². The summed E-state index contributed by atoms with van der Waals surface area (Å²) in [5.74, 6) is 0. The molecule has 0 aliphatic heterocycles. The summed E-state index contributed by atoms with van der Waals surface area (Å²) in [5, 5.41) is 12.3. The van der Waals surface area contributed by atoms with Gasteiger partial charge in [-0.1, -0.05) is 47.1 Å². The molecule has 20 heavy (non-hydrogen) atoms. The number of aliphatic hydroxyl groups is 1. The monoisotopic (exact) mass is 329 g/mol. The van der Waals surface area contributed by atoms with Crippen molar-refractivity contribution in [3.05, 3.63) is 70.3 Å². The highest BCUT2D eigenvalue weighted by molar-refractivity contribution is 9.10. The van der Waals surface area contributed by atoms with E-state index in [0.717, 1.165) is 26.5 Å². The Bertz CT molecular complexity index is 749. The summed E-state index contributed by atoms with van der Waals surface area (Å²) in [6, 6.07) is 15.9. The van der Waals surface area contributed by atoms with E-state index in [1.54, 1.807) is 0 Å². The number of rotatable bonds is 3. The smallest absolute Gasteiger partial charge is 0.115 e. The van der Waals surface area contributed by atoms with Crippen molar-refractivity contribution >= 4 is 26.8 Å². The molecule has 0 amide bonds. The maximum atomic E-state index is 11.3. The van der Waals surface area contributed by atoms with Gasteiger partial charge < -0.3 is 10.1 Å². The lowest BCUT2D eigenvalue weighted by molar-refractivity contribution is 0.0780. The molecule has 0 bridgehead atoms. The third-order valence-corrected chi connectivity index (χ3v) is 4.35. The lowest BCUT2D eigenvalue weighted by atomic mass is 9.82. The third kappa shape index (κ3) is 2.07. The number of benzene rings is 2. The van der Waals surface area contributed by atoms with Gasteiger partial charge in [0.2, 0.25) is 0 Å². The Morgan fingerprint density at radius 2 is 1.95 bits per heavy atom. The van der Waals surface area contributed by atoms with E-state index in [0.29, 0.717) is 6.42 Å². The van der Waals surface area contributed by atoms with Crippen LogP contribution in [0.25, 0.3) is 10.9 Å². The number of fused-ring (bicyclic) bond motifs is 1. The Morgan fingerprint density at radius 1 is 1.15 bits per heavy atom. The average Bonchev–Trinajstić information content (AvgIpc) is 2.94. The molecule has 1 unspecified atom stereocenters. The highest BCUT2D eigenvalue weighted by atomic mass is 79.9. The van der Waals surface area contributed by atoms with Gasteiger partial charge in [0, 0.05) is 21.6 Å². The van der Waals surface area contributed by atoms with Gasteiger partial charge in [-0.15, -0.1) is 0 Å². The Kier molecular flexibility index (Phi) is 3.40. The summed E-state index contributed by atoms with van der Waals surface area (Å²) < 4.78 is 0.975. The van der Waals surface area contributed by atoms with Crippen molar-refractivity contribution in [2.75, 3.05) is 0 Å². The molecule has 0 spiro atoms.